The molecule has 7 rings (SSSR count). The molecule has 1 aliphatic rings. The summed E-state index contributed by atoms with van der Waals surface area (Å²) in [6.45, 7) is 9.20. The van der Waals surface area contributed by atoms with E-state index in [0.29, 0.717) is 12.6 Å². The van der Waals surface area contributed by atoms with Gasteiger partial charge in [-0.1, -0.05) is 43.9 Å². The first kappa shape index (κ1) is 26.0. The van der Waals surface area contributed by atoms with Crippen molar-refractivity contribution in [1.29, 1.82) is 0 Å². The Kier molecular flexibility index (Phi) is 6.67. The van der Waals surface area contributed by atoms with Crippen molar-refractivity contribution in [3.8, 4) is 33.1 Å². The molecule has 0 radical (unpaired) electrons. The van der Waals surface area contributed by atoms with Crippen LogP contribution < -0.4 is 10.4 Å². The number of anilines is 1. The van der Waals surface area contributed by atoms with E-state index >= 15 is 0 Å². The van der Waals surface area contributed by atoms with Gasteiger partial charge in [0, 0.05) is 54.3 Å². The Morgan fingerprint density at radius 2 is 1.88 bits per heavy atom. The fraction of sp³-hybridized carbons (Fsp3) is 0.219. The minimum absolute atomic E-state index is 0.516. The maximum Gasteiger partial charge on any atom is 0.178 e. The Bertz CT molecular complexity index is 1830. The van der Waals surface area contributed by atoms with Gasteiger partial charge in [0.15, 0.2) is 5.82 Å². The van der Waals surface area contributed by atoms with Crippen molar-refractivity contribution in [1.82, 2.24) is 25.4 Å². The fourth-order valence-electron chi connectivity index (χ4n) is 5.26. The molecule has 2 aromatic carbocycles. The summed E-state index contributed by atoms with van der Waals surface area (Å²) < 4.78 is 7.47. The lowest BCUT2D eigenvalue weighted by Gasteiger charge is -2.23. The summed E-state index contributed by atoms with van der Waals surface area (Å²) in [5, 5.41) is 3.44. The van der Waals surface area contributed by atoms with Gasteiger partial charge in [-0.25, -0.2) is 15.4 Å². The quantitative estimate of drug-likeness (QED) is 0.143. The van der Waals surface area contributed by atoms with E-state index in [2.05, 4.69) is 87.5 Å². The molecule has 6 aromatic rings. The molecule has 4 aromatic heterocycles. The number of ether oxygens (including phenoxy) is 1. The predicted octanol–water partition coefficient (Wildman–Crippen LogP) is 7.71. The van der Waals surface area contributed by atoms with E-state index in [1.165, 1.54) is 31.8 Å². The highest BCUT2D eigenvalue weighted by atomic mass is 32.1. The number of nitrogens with zero attached hydrogens (tertiary/aromatic N) is 4. The monoisotopic (exact) mass is 576 g/mol. The average molecular weight is 577 g/mol. The number of benzene rings is 2. The van der Waals surface area contributed by atoms with Gasteiger partial charge in [-0.2, -0.15) is 0 Å². The van der Waals surface area contributed by atoms with Crippen LogP contribution in [0.3, 0.4) is 0 Å². The number of pyridine rings is 1. The van der Waals surface area contributed by atoms with Crippen LogP contribution in [0.2, 0.25) is 25.7 Å². The molecule has 0 amide bonds. The second-order valence-electron chi connectivity index (χ2n) is 11.7. The van der Waals surface area contributed by atoms with Crippen LogP contribution in [0, 0.1) is 0 Å². The number of hydrazine groups is 1. The third-order valence-electron chi connectivity index (χ3n) is 7.45. The smallest absolute Gasteiger partial charge is 0.178 e. The minimum atomic E-state index is -1.15. The first-order valence-electron chi connectivity index (χ1n) is 13.9. The minimum Gasteiger partial charge on any atom is -0.360 e. The lowest BCUT2D eigenvalue weighted by atomic mass is 9.98. The second-order valence-corrected chi connectivity index (χ2v) is 18.4. The number of H-pyrrole nitrogens is 1. The van der Waals surface area contributed by atoms with E-state index in [9.17, 15) is 0 Å². The fourth-order valence-corrected chi connectivity index (χ4v) is 7.10. The molecule has 0 spiro atoms. The summed E-state index contributed by atoms with van der Waals surface area (Å²) in [4.78, 5) is 18.6. The predicted molar refractivity (Wildman–Crippen MR) is 172 cm³/mol. The number of rotatable bonds is 8. The number of thiophene rings is 1. The lowest BCUT2D eigenvalue weighted by molar-refractivity contribution is 0.141. The molecule has 7 nitrogen and oxygen atoms in total. The highest BCUT2D eigenvalue weighted by Gasteiger charge is 2.26. The zero-order valence-corrected chi connectivity index (χ0v) is 25.3. The maximum atomic E-state index is 6.19. The van der Waals surface area contributed by atoms with Crippen LogP contribution in [0.25, 0.3) is 54.2 Å². The van der Waals surface area contributed by atoms with Crippen LogP contribution in [0.5, 0.6) is 0 Å². The largest absolute Gasteiger partial charge is 0.360 e. The Labute approximate surface area is 244 Å². The number of hydrogen-bond acceptors (Lipinski definition) is 7. The van der Waals surface area contributed by atoms with Crippen molar-refractivity contribution in [2.75, 3.05) is 18.3 Å². The van der Waals surface area contributed by atoms with Gasteiger partial charge >= 0.3 is 0 Å². The Morgan fingerprint density at radius 3 is 2.71 bits per heavy atom. The van der Waals surface area contributed by atoms with Gasteiger partial charge in [-0.15, -0.1) is 11.3 Å². The second kappa shape index (κ2) is 10.5. The van der Waals surface area contributed by atoms with Crippen molar-refractivity contribution in [3.05, 3.63) is 84.8 Å². The molecule has 0 fully saturated rings. The molecular weight excluding hydrogens is 545 g/mol. The molecule has 0 saturated carbocycles. The number of aromatic nitrogens is 4. The molecule has 5 heterocycles. The number of hydrogen-bond donors (Lipinski definition) is 2. The first-order chi connectivity index (χ1) is 19.9. The SMILES string of the molecule is C[Si](C)(C)CCOCN1NCc2cc(-c3c[nH]c4cnc(-c5ccccn5)nc34)cc(-c3cc4ccccc4s3)c21. The molecule has 0 aliphatic carbocycles. The lowest BCUT2D eigenvalue weighted by Crippen LogP contribution is -2.35. The molecule has 2 N–H and O–H groups in total. The highest BCUT2D eigenvalue weighted by Crippen LogP contribution is 2.45. The van der Waals surface area contributed by atoms with Crippen LogP contribution in [-0.4, -0.2) is 41.3 Å². The van der Waals surface area contributed by atoms with Crippen molar-refractivity contribution < 1.29 is 4.74 Å². The molecule has 0 unspecified atom stereocenters. The number of nitrogens with one attached hydrogen (secondary N) is 2. The van der Waals surface area contributed by atoms with E-state index < -0.39 is 8.07 Å². The third-order valence-corrected chi connectivity index (χ3v) is 10.3. The molecule has 206 valence electrons. The van der Waals surface area contributed by atoms with Gasteiger partial charge in [-0.3, -0.25) is 9.99 Å². The van der Waals surface area contributed by atoms with Crippen LogP contribution in [0.1, 0.15) is 5.56 Å². The highest BCUT2D eigenvalue weighted by molar-refractivity contribution is 7.22. The molecule has 0 bridgehead atoms. The van der Waals surface area contributed by atoms with E-state index in [4.69, 9.17) is 9.72 Å². The van der Waals surface area contributed by atoms with Crippen molar-refractivity contribution in [2.45, 2.75) is 32.2 Å². The third kappa shape index (κ3) is 5.17. The summed E-state index contributed by atoms with van der Waals surface area (Å²) in [7, 11) is -1.15. The number of fused-ring (bicyclic) bond motifs is 3. The van der Waals surface area contributed by atoms with E-state index in [1.807, 2.05) is 41.9 Å². The zero-order chi connectivity index (χ0) is 28.0. The van der Waals surface area contributed by atoms with Crippen molar-refractivity contribution in [3.63, 3.8) is 0 Å². The van der Waals surface area contributed by atoms with Crippen LogP contribution in [0.4, 0.5) is 5.69 Å². The molecule has 0 saturated heterocycles. The van der Waals surface area contributed by atoms with Crippen LogP contribution >= 0.6 is 11.3 Å². The van der Waals surface area contributed by atoms with Gasteiger partial charge in [0.25, 0.3) is 0 Å². The van der Waals surface area contributed by atoms with Gasteiger partial charge in [-0.05, 0) is 59.0 Å². The Balaban J connectivity index is 1.32. The summed E-state index contributed by atoms with van der Waals surface area (Å²) >= 11 is 1.83. The van der Waals surface area contributed by atoms with Gasteiger partial charge in [0.1, 0.15) is 12.4 Å². The van der Waals surface area contributed by atoms with Crippen molar-refractivity contribution in [2.24, 2.45) is 0 Å². The molecular formula is C32H32N6OSSi. The summed E-state index contributed by atoms with van der Waals surface area (Å²) in [6, 6.07) is 22.4. The topological polar surface area (TPSA) is 79.0 Å². The average Bonchev–Trinajstić information content (AvgIpc) is 3.71. The van der Waals surface area contributed by atoms with Crippen molar-refractivity contribution >= 4 is 46.2 Å². The normalized spacial score (nSPS) is 13.4. The zero-order valence-electron chi connectivity index (χ0n) is 23.4. The maximum absolute atomic E-state index is 6.19. The van der Waals surface area contributed by atoms with Crippen LogP contribution in [-0.2, 0) is 11.3 Å². The van der Waals surface area contributed by atoms with Crippen LogP contribution in [0.15, 0.2) is 79.3 Å². The van der Waals surface area contributed by atoms with Gasteiger partial charge < -0.3 is 9.72 Å². The molecule has 9 heteroatoms. The summed E-state index contributed by atoms with van der Waals surface area (Å²) in [6.07, 6.45) is 5.65. The molecule has 41 heavy (non-hydrogen) atoms. The van der Waals surface area contributed by atoms with Gasteiger partial charge in [0.2, 0.25) is 0 Å². The first-order valence-corrected chi connectivity index (χ1v) is 18.5. The van der Waals surface area contributed by atoms with Gasteiger partial charge in [0.05, 0.1) is 22.9 Å². The molecule has 0 atom stereocenters. The number of aromatic amines is 1. The standard InChI is InChI=1S/C32H32N6OSSi/c1-41(2,3)13-12-39-20-38-31-23(17-36-38)14-22(15-24(31)29-16-21-8-4-5-10-28(21)40-29)25-18-34-27-19-35-32(37-30(25)27)26-9-6-7-11-33-26/h4-11,14-16,18-19,34,36H,12-13,17,20H2,1-3H3. The Hall–Kier alpha value is -3.89. The van der Waals surface area contributed by atoms with E-state index in [-0.39, 0.29) is 0 Å². The van der Waals surface area contributed by atoms with E-state index in [0.717, 1.165) is 47.0 Å². The molecule has 1 aliphatic heterocycles. The van der Waals surface area contributed by atoms with E-state index in [1.54, 1.807) is 6.20 Å². The summed E-state index contributed by atoms with van der Waals surface area (Å²) in [5.74, 6) is 0.619. The Morgan fingerprint density at radius 1 is 1.00 bits per heavy atom. The summed E-state index contributed by atoms with van der Waals surface area (Å²) in [5.41, 5.74) is 11.9.